The zero-order chi connectivity index (χ0) is 13.9. The van der Waals surface area contributed by atoms with Crippen molar-refractivity contribution < 1.29 is 0 Å². The molecule has 0 fully saturated rings. The molecule has 0 unspecified atom stereocenters. The molecule has 3 aromatic heterocycles. The second-order valence-corrected chi connectivity index (χ2v) is 8.20. The van der Waals surface area contributed by atoms with Crippen LogP contribution < -0.4 is 5.32 Å². The highest BCUT2D eigenvalue weighted by molar-refractivity contribution is 7.30. The fourth-order valence-electron chi connectivity index (χ4n) is 1.91. The van der Waals surface area contributed by atoms with Gasteiger partial charge in [-0.3, -0.25) is 0 Å². The third-order valence-electron chi connectivity index (χ3n) is 2.89. The van der Waals surface area contributed by atoms with Crippen molar-refractivity contribution in [3.05, 3.63) is 22.5 Å². The van der Waals surface area contributed by atoms with E-state index >= 15 is 0 Å². The minimum atomic E-state index is 0.694. The van der Waals surface area contributed by atoms with E-state index in [1.165, 1.54) is 14.3 Å². The van der Waals surface area contributed by atoms with Crippen molar-refractivity contribution >= 4 is 43.4 Å². The molecule has 20 heavy (non-hydrogen) atoms. The number of rotatable bonds is 6. The second-order valence-electron chi connectivity index (χ2n) is 5.11. The van der Waals surface area contributed by atoms with Gasteiger partial charge in [0.1, 0.15) is 5.01 Å². The van der Waals surface area contributed by atoms with E-state index in [4.69, 9.17) is 0 Å². The zero-order valence-corrected chi connectivity index (χ0v) is 14.0. The van der Waals surface area contributed by atoms with Crippen LogP contribution in [0.25, 0.3) is 19.3 Å². The minimum absolute atomic E-state index is 0.694. The summed E-state index contributed by atoms with van der Waals surface area (Å²) in [6.07, 6.45) is 0.962. The van der Waals surface area contributed by atoms with E-state index in [9.17, 15) is 0 Å². The Balaban J connectivity index is 1.63. The number of hydrogen-bond acceptors (Lipinski definition) is 6. The first-order chi connectivity index (χ1) is 9.72. The van der Waals surface area contributed by atoms with Crippen LogP contribution in [0.1, 0.15) is 18.9 Å². The minimum Gasteiger partial charge on any atom is -0.316 e. The molecule has 0 aliphatic heterocycles. The Labute approximate surface area is 130 Å². The molecular formula is C14H17N3S3. The van der Waals surface area contributed by atoms with Crippen LogP contribution in [0.3, 0.4) is 0 Å². The van der Waals surface area contributed by atoms with Crippen LogP contribution in [0.4, 0.5) is 0 Å². The van der Waals surface area contributed by atoms with Gasteiger partial charge in [-0.05, 0) is 30.0 Å². The first-order valence-corrected chi connectivity index (χ1v) is 9.24. The summed E-state index contributed by atoms with van der Waals surface area (Å²) in [4.78, 5) is 1.24. The smallest absolute Gasteiger partial charge is 0.157 e. The lowest BCUT2D eigenvalue weighted by atomic mass is 10.2. The van der Waals surface area contributed by atoms with E-state index in [0.717, 1.165) is 29.5 Å². The first kappa shape index (κ1) is 14.1. The van der Waals surface area contributed by atoms with E-state index in [2.05, 4.69) is 46.9 Å². The predicted molar refractivity (Wildman–Crippen MR) is 90.0 cm³/mol. The maximum Gasteiger partial charge on any atom is 0.157 e. The molecule has 0 atom stereocenters. The normalized spacial score (nSPS) is 11.8. The molecule has 3 aromatic rings. The highest BCUT2D eigenvalue weighted by Crippen LogP contribution is 2.37. The molecule has 6 heteroatoms. The molecule has 3 rings (SSSR count). The van der Waals surface area contributed by atoms with Crippen LogP contribution in [0.5, 0.6) is 0 Å². The average Bonchev–Trinajstić information content (AvgIpc) is 3.08. The van der Waals surface area contributed by atoms with E-state index < -0.39 is 0 Å². The average molecular weight is 324 g/mol. The maximum atomic E-state index is 4.33. The Kier molecular flexibility index (Phi) is 4.45. The molecule has 0 bridgehead atoms. The molecule has 0 aliphatic carbocycles. The third-order valence-corrected chi connectivity index (χ3v) is 6.13. The quantitative estimate of drug-likeness (QED) is 0.688. The zero-order valence-electron chi connectivity index (χ0n) is 11.5. The number of nitrogens with one attached hydrogen (secondary N) is 1. The Morgan fingerprint density at radius 2 is 2.10 bits per heavy atom. The Morgan fingerprint density at radius 3 is 2.90 bits per heavy atom. The molecule has 0 amide bonds. The molecule has 3 heterocycles. The van der Waals surface area contributed by atoms with Crippen LogP contribution in [0, 0.1) is 5.92 Å². The predicted octanol–water partition coefficient (Wildman–Crippen LogP) is 4.27. The summed E-state index contributed by atoms with van der Waals surface area (Å²) >= 11 is 5.31. The number of fused-ring (bicyclic) bond motifs is 1. The van der Waals surface area contributed by atoms with Gasteiger partial charge in [0.05, 0.1) is 4.88 Å². The number of thiophene rings is 2. The van der Waals surface area contributed by atoms with Gasteiger partial charge in [-0.1, -0.05) is 25.2 Å². The summed E-state index contributed by atoms with van der Waals surface area (Å²) in [6.45, 7) is 6.48. The van der Waals surface area contributed by atoms with Gasteiger partial charge in [0.25, 0.3) is 0 Å². The summed E-state index contributed by atoms with van der Waals surface area (Å²) in [5, 5.41) is 16.4. The van der Waals surface area contributed by atoms with Crippen molar-refractivity contribution in [3.8, 4) is 9.88 Å². The largest absolute Gasteiger partial charge is 0.316 e. The van der Waals surface area contributed by atoms with Gasteiger partial charge in [0.15, 0.2) is 5.01 Å². The molecular weight excluding hydrogens is 306 g/mol. The molecule has 0 aliphatic rings. The van der Waals surface area contributed by atoms with Gasteiger partial charge in [0.2, 0.25) is 0 Å². The molecule has 3 nitrogen and oxygen atoms in total. The van der Waals surface area contributed by atoms with Gasteiger partial charge in [-0.2, -0.15) is 0 Å². The van der Waals surface area contributed by atoms with Crippen molar-refractivity contribution in [2.24, 2.45) is 5.92 Å². The lowest BCUT2D eigenvalue weighted by Crippen LogP contribution is -2.22. The van der Waals surface area contributed by atoms with Gasteiger partial charge in [0, 0.05) is 22.4 Å². The van der Waals surface area contributed by atoms with Crippen LogP contribution in [-0.4, -0.2) is 23.3 Å². The van der Waals surface area contributed by atoms with E-state index in [1.54, 1.807) is 34.0 Å². The van der Waals surface area contributed by atoms with Crippen molar-refractivity contribution in [1.29, 1.82) is 0 Å². The van der Waals surface area contributed by atoms with Crippen molar-refractivity contribution in [2.45, 2.75) is 20.3 Å². The van der Waals surface area contributed by atoms with E-state index in [0.29, 0.717) is 5.92 Å². The highest BCUT2D eigenvalue weighted by atomic mass is 32.1. The SMILES string of the molecule is CC(C)CNCCc1nnc(-c2cc3sccc3s2)s1. The lowest BCUT2D eigenvalue weighted by Gasteiger charge is -2.04. The summed E-state index contributed by atoms with van der Waals surface area (Å²) in [6, 6.07) is 4.40. The van der Waals surface area contributed by atoms with Crippen molar-refractivity contribution in [3.63, 3.8) is 0 Å². The molecule has 0 spiro atoms. The fourth-order valence-corrected chi connectivity index (χ4v) is 4.90. The molecule has 0 radical (unpaired) electrons. The van der Waals surface area contributed by atoms with E-state index in [1.807, 2.05) is 0 Å². The summed E-state index contributed by atoms with van der Waals surface area (Å²) in [5.74, 6) is 0.694. The van der Waals surface area contributed by atoms with E-state index in [-0.39, 0.29) is 0 Å². The van der Waals surface area contributed by atoms with Crippen LogP contribution in [0.2, 0.25) is 0 Å². The molecule has 1 N–H and O–H groups in total. The fraction of sp³-hybridized carbons (Fsp3) is 0.429. The van der Waals surface area contributed by atoms with Gasteiger partial charge >= 0.3 is 0 Å². The molecule has 0 saturated heterocycles. The number of hydrogen-bond donors (Lipinski definition) is 1. The second kappa shape index (κ2) is 6.30. The Morgan fingerprint density at radius 1 is 1.20 bits per heavy atom. The van der Waals surface area contributed by atoms with Crippen LogP contribution in [0.15, 0.2) is 17.5 Å². The topological polar surface area (TPSA) is 37.8 Å². The number of aromatic nitrogens is 2. The van der Waals surface area contributed by atoms with Gasteiger partial charge < -0.3 is 5.32 Å². The standard InChI is InChI=1S/C14H17N3S3/c1-9(2)8-15-5-3-13-16-17-14(20-13)12-7-11-10(19-12)4-6-18-11/h4,6-7,9,15H,3,5,8H2,1-2H3. The Hall–Kier alpha value is -0.820. The van der Waals surface area contributed by atoms with Crippen LogP contribution in [-0.2, 0) is 6.42 Å². The first-order valence-electron chi connectivity index (χ1n) is 6.73. The molecule has 0 aromatic carbocycles. The third kappa shape index (κ3) is 3.25. The monoisotopic (exact) mass is 323 g/mol. The highest BCUT2D eigenvalue weighted by Gasteiger charge is 2.10. The maximum absolute atomic E-state index is 4.33. The number of nitrogens with zero attached hydrogens (tertiary/aromatic N) is 2. The van der Waals surface area contributed by atoms with Gasteiger partial charge in [-0.25, -0.2) is 0 Å². The lowest BCUT2D eigenvalue weighted by molar-refractivity contribution is 0.553. The van der Waals surface area contributed by atoms with Crippen molar-refractivity contribution in [1.82, 2.24) is 15.5 Å². The Bertz CT molecular complexity index is 652. The van der Waals surface area contributed by atoms with Crippen LogP contribution >= 0.6 is 34.0 Å². The van der Waals surface area contributed by atoms with Crippen molar-refractivity contribution in [2.75, 3.05) is 13.1 Å². The molecule has 0 saturated carbocycles. The summed E-state index contributed by atoms with van der Waals surface area (Å²) in [7, 11) is 0. The van der Waals surface area contributed by atoms with Gasteiger partial charge in [-0.15, -0.1) is 32.9 Å². The summed E-state index contributed by atoms with van der Waals surface area (Å²) in [5.41, 5.74) is 0. The summed E-state index contributed by atoms with van der Waals surface area (Å²) < 4.78 is 2.70. The molecule has 106 valence electrons.